The summed E-state index contributed by atoms with van der Waals surface area (Å²) in [5.41, 5.74) is 10.2. The lowest BCUT2D eigenvalue weighted by Crippen LogP contribution is -2.46. The molecular weight excluding hydrogens is 208 g/mol. The van der Waals surface area contributed by atoms with Gasteiger partial charge in [-0.05, 0) is 25.8 Å². The van der Waals surface area contributed by atoms with Crippen LogP contribution in [0.1, 0.15) is 20.3 Å². The van der Waals surface area contributed by atoms with Gasteiger partial charge in [-0.3, -0.25) is 25.3 Å². The zero-order valence-corrected chi connectivity index (χ0v) is 9.82. The molecule has 0 bridgehead atoms. The van der Waals surface area contributed by atoms with E-state index < -0.39 is 0 Å². The molecule has 1 saturated heterocycles. The van der Waals surface area contributed by atoms with Crippen molar-refractivity contribution in [3.63, 3.8) is 0 Å². The lowest BCUT2D eigenvalue weighted by atomic mass is 10.1. The van der Waals surface area contributed by atoms with E-state index in [0.717, 1.165) is 13.0 Å². The van der Waals surface area contributed by atoms with E-state index in [1.807, 2.05) is 0 Å². The van der Waals surface area contributed by atoms with E-state index in [-0.39, 0.29) is 11.8 Å². The fourth-order valence-corrected chi connectivity index (χ4v) is 1.99. The lowest BCUT2D eigenvalue weighted by molar-refractivity contribution is -0.128. The molecule has 4 N–H and O–H groups in total. The second kappa shape index (κ2) is 5.81. The van der Waals surface area contributed by atoms with Crippen molar-refractivity contribution in [1.29, 1.82) is 0 Å². The van der Waals surface area contributed by atoms with Crippen LogP contribution in [0.5, 0.6) is 0 Å². The first kappa shape index (κ1) is 12.9. The van der Waals surface area contributed by atoms with Crippen molar-refractivity contribution >= 4 is 11.8 Å². The predicted octanol–water partition coefficient (Wildman–Crippen LogP) is -1.18. The molecule has 1 aliphatic heterocycles. The summed E-state index contributed by atoms with van der Waals surface area (Å²) in [4.78, 5) is 24.1. The number of hydrogen-bond donors (Lipinski definition) is 3. The van der Waals surface area contributed by atoms with Gasteiger partial charge < -0.3 is 5.73 Å². The third-order valence-electron chi connectivity index (χ3n) is 2.85. The van der Waals surface area contributed by atoms with Gasteiger partial charge in [-0.2, -0.15) is 0 Å². The van der Waals surface area contributed by atoms with Crippen LogP contribution in [0.3, 0.4) is 0 Å². The molecule has 1 aliphatic rings. The maximum Gasteiger partial charge on any atom is 0.252 e. The van der Waals surface area contributed by atoms with E-state index in [2.05, 4.69) is 22.7 Å². The number of carbonyl (C=O) groups is 2. The van der Waals surface area contributed by atoms with Crippen molar-refractivity contribution in [3.05, 3.63) is 0 Å². The van der Waals surface area contributed by atoms with E-state index in [1.165, 1.54) is 6.92 Å². The van der Waals surface area contributed by atoms with Gasteiger partial charge in [0.2, 0.25) is 5.91 Å². The van der Waals surface area contributed by atoms with Crippen LogP contribution in [0.2, 0.25) is 0 Å². The normalized spacial score (nSPS) is 25.4. The molecule has 2 unspecified atom stereocenters. The van der Waals surface area contributed by atoms with Gasteiger partial charge in [0.05, 0.1) is 6.54 Å². The Hall–Kier alpha value is -1.14. The number of nitrogens with one attached hydrogen (secondary N) is 2. The molecule has 2 atom stereocenters. The number of nitrogens with two attached hydrogens (primary N) is 1. The maximum atomic E-state index is 11.4. The molecule has 0 aromatic heterocycles. The molecule has 6 heteroatoms. The fourth-order valence-electron chi connectivity index (χ4n) is 1.99. The summed E-state index contributed by atoms with van der Waals surface area (Å²) in [7, 11) is 0. The molecule has 6 nitrogen and oxygen atoms in total. The molecule has 1 rings (SSSR count). The first-order valence-corrected chi connectivity index (χ1v) is 5.52. The average molecular weight is 228 g/mol. The summed E-state index contributed by atoms with van der Waals surface area (Å²) in [6, 6.07) is 0.372. The van der Waals surface area contributed by atoms with E-state index >= 15 is 0 Å². The highest BCUT2D eigenvalue weighted by Crippen LogP contribution is 2.21. The van der Waals surface area contributed by atoms with Crippen molar-refractivity contribution in [1.82, 2.24) is 15.8 Å². The third kappa shape index (κ3) is 3.79. The molecule has 0 spiro atoms. The van der Waals surface area contributed by atoms with Crippen LogP contribution in [0, 0.1) is 5.92 Å². The van der Waals surface area contributed by atoms with Gasteiger partial charge in [0.25, 0.3) is 5.91 Å². The molecule has 0 radical (unpaired) electrons. The Balaban J connectivity index is 2.31. The molecule has 0 aliphatic carbocycles. The Labute approximate surface area is 95.5 Å². The highest BCUT2D eigenvalue weighted by Gasteiger charge is 2.29. The number of carbonyl (C=O) groups excluding carboxylic acids is 2. The van der Waals surface area contributed by atoms with Gasteiger partial charge in [-0.15, -0.1) is 0 Å². The van der Waals surface area contributed by atoms with Crippen LogP contribution in [0.15, 0.2) is 0 Å². The molecule has 0 aromatic carbocycles. The van der Waals surface area contributed by atoms with E-state index in [9.17, 15) is 9.59 Å². The van der Waals surface area contributed by atoms with Crippen molar-refractivity contribution < 1.29 is 9.59 Å². The van der Waals surface area contributed by atoms with Gasteiger partial charge in [-0.1, -0.05) is 0 Å². The smallest absolute Gasteiger partial charge is 0.252 e. The molecule has 1 heterocycles. The maximum absolute atomic E-state index is 11.4. The monoisotopic (exact) mass is 228 g/mol. The van der Waals surface area contributed by atoms with Crippen molar-refractivity contribution in [2.45, 2.75) is 26.3 Å². The molecule has 0 saturated carbocycles. The molecular formula is C10H20N4O2. The van der Waals surface area contributed by atoms with E-state index in [1.54, 1.807) is 0 Å². The molecule has 1 fully saturated rings. The standard InChI is InChI=1S/C10H20N4O2/c1-7-3-9(4-11)5-14(7)6-10(16)13-12-8(2)15/h7,9H,3-6,11H2,1-2H3,(H,12,15)(H,13,16). The SMILES string of the molecule is CC(=O)NNC(=O)CN1CC(CN)CC1C. The first-order chi connectivity index (χ1) is 7.52. The van der Waals surface area contributed by atoms with Crippen LogP contribution in [0.25, 0.3) is 0 Å². The van der Waals surface area contributed by atoms with Crippen molar-refractivity contribution in [2.24, 2.45) is 11.7 Å². The van der Waals surface area contributed by atoms with E-state index in [4.69, 9.17) is 5.73 Å². The van der Waals surface area contributed by atoms with Gasteiger partial charge in [-0.25, -0.2) is 0 Å². The average Bonchev–Trinajstić information content (AvgIpc) is 2.57. The van der Waals surface area contributed by atoms with Crippen LogP contribution in [-0.4, -0.2) is 42.4 Å². The Morgan fingerprint density at radius 1 is 1.44 bits per heavy atom. The second-order valence-corrected chi connectivity index (χ2v) is 4.35. The van der Waals surface area contributed by atoms with Gasteiger partial charge in [0.15, 0.2) is 0 Å². The highest BCUT2D eigenvalue weighted by atomic mass is 16.2. The van der Waals surface area contributed by atoms with Gasteiger partial charge >= 0.3 is 0 Å². The minimum atomic E-state index is -0.275. The number of hydrazine groups is 1. The zero-order chi connectivity index (χ0) is 12.1. The quantitative estimate of drug-likeness (QED) is 0.531. The summed E-state index contributed by atoms with van der Waals surface area (Å²) in [5, 5.41) is 0. The van der Waals surface area contributed by atoms with Crippen LogP contribution in [-0.2, 0) is 9.59 Å². The molecule has 92 valence electrons. The summed E-state index contributed by atoms with van der Waals surface area (Å²) < 4.78 is 0. The third-order valence-corrected chi connectivity index (χ3v) is 2.85. The zero-order valence-electron chi connectivity index (χ0n) is 9.82. The summed E-state index contributed by atoms with van der Waals surface area (Å²) >= 11 is 0. The van der Waals surface area contributed by atoms with Crippen LogP contribution >= 0.6 is 0 Å². The van der Waals surface area contributed by atoms with Crippen molar-refractivity contribution in [2.75, 3.05) is 19.6 Å². The van der Waals surface area contributed by atoms with Crippen molar-refractivity contribution in [3.8, 4) is 0 Å². The Bertz CT molecular complexity index is 270. The van der Waals surface area contributed by atoms with Crippen LogP contribution < -0.4 is 16.6 Å². The van der Waals surface area contributed by atoms with Crippen LogP contribution in [0.4, 0.5) is 0 Å². The largest absolute Gasteiger partial charge is 0.330 e. The topological polar surface area (TPSA) is 87.5 Å². The minimum absolute atomic E-state index is 0.195. The Morgan fingerprint density at radius 2 is 2.12 bits per heavy atom. The molecule has 2 amide bonds. The number of likely N-dealkylation sites (tertiary alicyclic amines) is 1. The number of nitrogens with zero attached hydrogens (tertiary/aromatic N) is 1. The van der Waals surface area contributed by atoms with E-state index in [0.29, 0.717) is 25.0 Å². The predicted molar refractivity (Wildman–Crippen MR) is 60.2 cm³/mol. The highest BCUT2D eigenvalue weighted by molar-refractivity contribution is 5.81. The number of rotatable bonds is 3. The number of hydrogen-bond acceptors (Lipinski definition) is 4. The Morgan fingerprint density at radius 3 is 2.62 bits per heavy atom. The molecule has 16 heavy (non-hydrogen) atoms. The van der Waals surface area contributed by atoms with Gasteiger partial charge in [0, 0.05) is 19.5 Å². The summed E-state index contributed by atoms with van der Waals surface area (Å²) in [6.07, 6.45) is 1.03. The molecule has 0 aromatic rings. The lowest BCUT2D eigenvalue weighted by Gasteiger charge is -2.20. The van der Waals surface area contributed by atoms with Gasteiger partial charge in [0.1, 0.15) is 0 Å². The second-order valence-electron chi connectivity index (χ2n) is 4.35. The number of amides is 2. The fraction of sp³-hybridized carbons (Fsp3) is 0.800. The summed E-state index contributed by atoms with van der Waals surface area (Å²) in [5.74, 6) is 0.00550. The Kier molecular flexibility index (Phi) is 4.70. The summed E-state index contributed by atoms with van der Waals surface area (Å²) in [6.45, 7) is 5.25. The first-order valence-electron chi connectivity index (χ1n) is 5.52. The minimum Gasteiger partial charge on any atom is -0.330 e.